The Morgan fingerprint density at radius 3 is 2.69 bits per heavy atom. The third-order valence-corrected chi connectivity index (χ3v) is 3.90. The fourth-order valence-corrected chi connectivity index (χ4v) is 2.66. The van der Waals surface area contributed by atoms with Gasteiger partial charge in [-0.2, -0.15) is 14.0 Å². The molecule has 0 radical (unpaired) electrons. The van der Waals surface area contributed by atoms with Crippen molar-refractivity contribution < 1.29 is 23.0 Å². The Balaban J connectivity index is 2.03. The van der Waals surface area contributed by atoms with E-state index in [-0.39, 0.29) is 17.2 Å². The number of alkyl halides is 2. The second kappa shape index (κ2) is 9.63. The number of hydrogen-bond donors (Lipinski definition) is 1. The molecule has 5 nitrogen and oxygen atoms in total. The van der Waals surface area contributed by atoms with Gasteiger partial charge in [-0.25, -0.2) is 0 Å². The number of nitrogens with zero attached hydrogens (tertiary/aromatic N) is 1. The minimum Gasteiger partial charge on any atom is -0.490 e. The number of ether oxygens (including phenoxy) is 2. The quantitative estimate of drug-likeness (QED) is 0.694. The highest BCUT2D eigenvalue weighted by molar-refractivity contribution is 7.99. The summed E-state index contributed by atoms with van der Waals surface area (Å²) < 4.78 is 36.0. The Bertz CT molecular complexity index is 809. The van der Waals surface area contributed by atoms with Crippen molar-refractivity contribution >= 4 is 23.4 Å². The summed E-state index contributed by atoms with van der Waals surface area (Å²) in [6, 6.07) is 12.9. The van der Waals surface area contributed by atoms with Crippen LogP contribution < -0.4 is 14.8 Å². The van der Waals surface area contributed by atoms with E-state index in [0.717, 1.165) is 0 Å². The SMILES string of the molecule is CCOc1cc(C#N)ccc1OCC(=O)Nc1ccccc1SC(F)F. The number of carbonyl (C=O) groups excluding carboxylic acids is 1. The zero-order chi connectivity index (χ0) is 18.9. The van der Waals surface area contributed by atoms with E-state index in [4.69, 9.17) is 14.7 Å². The van der Waals surface area contributed by atoms with Crippen molar-refractivity contribution in [1.82, 2.24) is 0 Å². The van der Waals surface area contributed by atoms with E-state index in [0.29, 0.717) is 35.4 Å². The molecular formula is C18H16F2N2O3S. The predicted octanol–water partition coefficient (Wildman–Crippen LogP) is 4.29. The first kappa shape index (κ1) is 19.5. The molecule has 1 N–H and O–H groups in total. The minimum absolute atomic E-state index is 0.268. The number of hydrogen-bond acceptors (Lipinski definition) is 5. The third-order valence-electron chi connectivity index (χ3n) is 3.11. The number of thioether (sulfide) groups is 1. The summed E-state index contributed by atoms with van der Waals surface area (Å²) in [4.78, 5) is 12.4. The van der Waals surface area contributed by atoms with Crippen molar-refractivity contribution in [3.63, 3.8) is 0 Å². The van der Waals surface area contributed by atoms with Crippen LogP contribution in [0.25, 0.3) is 0 Å². The molecule has 0 atom stereocenters. The number of nitrogens with one attached hydrogen (secondary N) is 1. The van der Waals surface area contributed by atoms with Crippen LogP contribution >= 0.6 is 11.8 Å². The molecule has 0 bridgehead atoms. The van der Waals surface area contributed by atoms with Crippen molar-refractivity contribution in [2.45, 2.75) is 17.6 Å². The topological polar surface area (TPSA) is 71.3 Å². The molecule has 2 aromatic rings. The Hall–Kier alpha value is -2.79. The molecule has 136 valence electrons. The molecule has 0 fully saturated rings. The maximum atomic E-state index is 12.6. The first-order valence-electron chi connectivity index (χ1n) is 7.67. The molecule has 1 amide bonds. The first-order valence-corrected chi connectivity index (χ1v) is 8.55. The summed E-state index contributed by atoms with van der Waals surface area (Å²) in [6.45, 7) is 1.82. The van der Waals surface area contributed by atoms with Crippen molar-refractivity contribution in [1.29, 1.82) is 5.26 Å². The van der Waals surface area contributed by atoms with E-state index >= 15 is 0 Å². The molecule has 2 rings (SSSR count). The van der Waals surface area contributed by atoms with Crippen LogP contribution in [0.15, 0.2) is 47.4 Å². The maximum absolute atomic E-state index is 12.6. The lowest BCUT2D eigenvalue weighted by molar-refractivity contribution is -0.118. The van der Waals surface area contributed by atoms with E-state index in [1.165, 1.54) is 24.3 Å². The predicted molar refractivity (Wildman–Crippen MR) is 94.8 cm³/mol. The van der Waals surface area contributed by atoms with Crippen LogP contribution in [0, 0.1) is 11.3 Å². The second-order valence-corrected chi connectivity index (χ2v) is 5.95. The van der Waals surface area contributed by atoms with Crippen LogP contribution in [0.5, 0.6) is 11.5 Å². The normalized spacial score (nSPS) is 10.3. The first-order chi connectivity index (χ1) is 12.5. The average Bonchev–Trinajstić information content (AvgIpc) is 2.62. The van der Waals surface area contributed by atoms with E-state index in [1.807, 2.05) is 6.07 Å². The number of carbonyl (C=O) groups is 1. The van der Waals surface area contributed by atoms with Crippen LogP contribution in [-0.2, 0) is 4.79 Å². The molecule has 0 aliphatic carbocycles. The number of para-hydroxylation sites is 1. The molecule has 0 spiro atoms. The van der Waals surface area contributed by atoms with Crippen LogP contribution in [0.3, 0.4) is 0 Å². The molecule has 0 unspecified atom stereocenters. The molecular weight excluding hydrogens is 362 g/mol. The lowest BCUT2D eigenvalue weighted by Crippen LogP contribution is -2.20. The molecule has 0 saturated carbocycles. The van der Waals surface area contributed by atoms with Gasteiger partial charge in [0.25, 0.3) is 11.7 Å². The number of anilines is 1. The zero-order valence-corrected chi connectivity index (χ0v) is 14.7. The van der Waals surface area contributed by atoms with Gasteiger partial charge >= 0.3 is 0 Å². The van der Waals surface area contributed by atoms with Gasteiger partial charge in [-0.05, 0) is 31.2 Å². The number of nitriles is 1. The monoisotopic (exact) mass is 378 g/mol. The van der Waals surface area contributed by atoms with Gasteiger partial charge in [0.05, 0.1) is 23.9 Å². The maximum Gasteiger partial charge on any atom is 0.288 e. The minimum atomic E-state index is -2.59. The van der Waals surface area contributed by atoms with E-state index in [1.54, 1.807) is 25.1 Å². The highest BCUT2D eigenvalue weighted by atomic mass is 32.2. The lowest BCUT2D eigenvalue weighted by atomic mass is 10.2. The van der Waals surface area contributed by atoms with Gasteiger partial charge in [0, 0.05) is 11.0 Å². The van der Waals surface area contributed by atoms with Crippen LogP contribution in [-0.4, -0.2) is 24.9 Å². The van der Waals surface area contributed by atoms with Crippen molar-refractivity contribution in [2.24, 2.45) is 0 Å². The molecule has 0 aliphatic heterocycles. The van der Waals surface area contributed by atoms with Crippen molar-refractivity contribution in [3.8, 4) is 17.6 Å². The summed E-state index contributed by atoms with van der Waals surface area (Å²) in [5.74, 6) is -2.42. The van der Waals surface area contributed by atoms with Crippen molar-refractivity contribution in [2.75, 3.05) is 18.5 Å². The summed E-state index contributed by atoms with van der Waals surface area (Å²) >= 11 is 0.355. The van der Waals surface area contributed by atoms with E-state index < -0.39 is 11.7 Å². The van der Waals surface area contributed by atoms with Gasteiger partial charge in [0.1, 0.15) is 0 Å². The Morgan fingerprint density at radius 1 is 1.23 bits per heavy atom. The molecule has 8 heteroatoms. The fourth-order valence-electron chi connectivity index (χ4n) is 2.06. The number of benzene rings is 2. The molecule has 2 aromatic carbocycles. The average molecular weight is 378 g/mol. The molecule has 0 saturated heterocycles. The van der Waals surface area contributed by atoms with E-state index in [9.17, 15) is 13.6 Å². The molecule has 0 aromatic heterocycles. The van der Waals surface area contributed by atoms with Gasteiger partial charge in [0.2, 0.25) is 0 Å². The summed E-state index contributed by atoms with van der Waals surface area (Å²) in [5.41, 5.74) is 0.694. The third kappa shape index (κ3) is 5.63. The second-order valence-electron chi connectivity index (χ2n) is 4.92. The van der Waals surface area contributed by atoms with Gasteiger partial charge in [-0.15, -0.1) is 0 Å². The molecule has 26 heavy (non-hydrogen) atoms. The number of halogens is 2. The number of rotatable bonds is 8. The van der Waals surface area contributed by atoms with Gasteiger partial charge in [0.15, 0.2) is 18.1 Å². The highest BCUT2D eigenvalue weighted by Crippen LogP contribution is 2.32. The lowest BCUT2D eigenvalue weighted by Gasteiger charge is -2.13. The zero-order valence-electron chi connectivity index (χ0n) is 13.9. The number of amides is 1. The van der Waals surface area contributed by atoms with Gasteiger partial charge in [-0.1, -0.05) is 23.9 Å². The summed E-state index contributed by atoms with van der Waals surface area (Å²) in [7, 11) is 0. The Morgan fingerprint density at radius 2 is 2.00 bits per heavy atom. The van der Waals surface area contributed by atoms with Crippen LogP contribution in [0.2, 0.25) is 0 Å². The Kier molecular flexibility index (Phi) is 7.24. The van der Waals surface area contributed by atoms with E-state index in [2.05, 4.69) is 5.32 Å². The molecule has 0 aliphatic rings. The Labute approximate surface area is 153 Å². The smallest absolute Gasteiger partial charge is 0.288 e. The summed E-state index contributed by atoms with van der Waals surface area (Å²) in [5, 5.41) is 11.5. The highest BCUT2D eigenvalue weighted by Gasteiger charge is 2.13. The van der Waals surface area contributed by atoms with Gasteiger partial charge in [-0.3, -0.25) is 4.79 Å². The standard InChI is InChI=1S/C18H16F2N2O3S/c1-2-24-15-9-12(10-21)7-8-14(15)25-11-17(23)22-13-5-3-4-6-16(13)26-18(19)20/h3-9,18H,2,11H2,1H3,(H,22,23). The van der Waals surface area contributed by atoms with Crippen molar-refractivity contribution in [3.05, 3.63) is 48.0 Å². The summed E-state index contributed by atoms with van der Waals surface area (Å²) in [6.07, 6.45) is 0. The largest absolute Gasteiger partial charge is 0.490 e. The van der Waals surface area contributed by atoms with Crippen LogP contribution in [0.4, 0.5) is 14.5 Å². The molecule has 0 heterocycles. The van der Waals surface area contributed by atoms with Gasteiger partial charge < -0.3 is 14.8 Å². The van der Waals surface area contributed by atoms with Crippen LogP contribution in [0.1, 0.15) is 12.5 Å². The fraction of sp³-hybridized carbons (Fsp3) is 0.222.